The smallest absolute Gasteiger partial charge is 0.344 e. The largest absolute Gasteiger partial charge is 0.495 e. The molecule has 1 aromatic carbocycles. The minimum atomic E-state index is -3.76. The summed E-state index contributed by atoms with van der Waals surface area (Å²) in [4.78, 5) is 22.9. The van der Waals surface area contributed by atoms with Crippen LogP contribution in [0.1, 0.15) is 23.2 Å². The molecule has 132 valence electrons. The molecule has 0 atom stereocenters. The van der Waals surface area contributed by atoms with Crippen molar-refractivity contribution in [1.82, 2.24) is 4.31 Å². The second kappa shape index (κ2) is 7.63. The Morgan fingerprint density at radius 3 is 2.42 bits per heavy atom. The Labute approximate surface area is 140 Å². The first-order valence-corrected chi connectivity index (χ1v) is 8.76. The molecule has 2 rings (SSSR count). The van der Waals surface area contributed by atoms with Gasteiger partial charge in [0.05, 0.1) is 19.8 Å². The highest BCUT2D eigenvalue weighted by molar-refractivity contribution is 7.89. The van der Waals surface area contributed by atoms with Gasteiger partial charge in [-0.3, -0.25) is 0 Å². The van der Waals surface area contributed by atoms with Gasteiger partial charge in [-0.15, -0.1) is 0 Å². The molecule has 0 N–H and O–H groups in total. The van der Waals surface area contributed by atoms with Crippen LogP contribution in [0.15, 0.2) is 23.1 Å². The Bertz CT molecular complexity index is 723. The van der Waals surface area contributed by atoms with Gasteiger partial charge in [-0.1, -0.05) is 0 Å². The van der Waals surface area contributed by atoms with Gasteiger partial charge in [0.2, 0.25) is 10.0 Å². The van der Waals surface area contributed by atoms with E-state index >= 15 is 0 Å². The molecule has 0 unspecified atom stereocenters. The topological polar surface area (TPSA) is 99.2 Å². The molecule has 1 fully saturated rings. The lowest BCUT2D eigenvalue weighted by molar-refractivity contribution is -0.144. The average molecular weight is 357 g/mol. The van der Waals surface area contributed by atoms with Gasteiger partial charge in [0.25, 0.3) is 0 Å². The maximum absolute atomic E-state index is 12.7. The molecular formula is C15H19NO7S. The molecule has 8 nitrogen and oxygen atoms in total. The van der Waals surface area contributed by atoms with Crippen LogP contribution in [0, 0.1) is 0 Å². The van der Waals surface area contributed by atoms with Crippen molar-refractivity contribution in [2.75, 3.05) is 33.9 Å². The SMILES string of the molecule is COC(=O)COC(=O)c1ccc(OC)c(S(=O)(=O)N2CCCC2)c1. The van der Waals surface area contributed by atoms with E-state index in [0.717, 1.165) is 12.8 Å². The minimum absolute atomic E-state index is 0.0116. The first kappa shape index (κ1) is 18.2. The van der Waals surface area contributed by atoms with Crippen molar-refractivity contribution < 1.29 is 32.2 Å². The third-order valence-electron chi connectivity index (χ3n) is 3.63. The van der Waals surface area contributed by atoms with Gasteiger partial charge < -0.3 is 14.2 Å². The van der Waals surface area contributed by atoms with Crippen molar-refractivity contribution in [3.63, 3.8) is 0 Å². The summed E-state index contributed by atoms with van der Waals surface area (Å²) in [5, 5.41) is 0. The van der Waals surface area contributed by atoms with E-state index in [0.29, 0.717) is 13.1 Å². The van der Waals surface area contributed by atoms with Gasteiger partial charge in [-0.2, -0.15) is 4.31 Å². The van der Waals surface area contributed by atoms with Crippen LogP contribution in [0.4, 0.5) is 0 Å². The van der Waals surface area contributed by atoms with Crippen molar-refractivity contribution in [2.45, 2.75) is 17.7 Å². The second-order valence-electron chi connectivity index (χ2n) is 5.13. The van der Waals surface area contributed by atoms with E-state index in [1.807, 2.05) is 0 Å². The Balaban J connectivity index is 2.30. The molecule has 0 radical (unpaired) electrons. The quantitative estimate of drug-likeness (QED) is 0.695. The van der Waals surface area contributed by atoms with E-state index in [9.17, 15) is 18.0 Å². The molecule has 1 aliphatic rings. The number of ether oxygens (including phenoxy) is 3. The summed E-state index contributed by atoms with van der Waals surface area (Å²) in [5.74, 6) is -1.38. The van der Waals surface area contributed by atoms with Crippen LogP contribution in [0.5, 0.6) is 5.75 Å². The van der Waals surface area contributed by atoms with Crippen LogP contribution in [0.25, 0.3) is 0 Å². The number of hydrogen-bond donors (Lipinski definition) is 0. The Kier molecular flexibility index (Phi) is 5.79. The number of sulfonamides is 1. The monoisotopic (exact) mass is 357 g/mol. The number of nitrogens with zero attached hydrogens (tertiary/aromatic N) is 1. The van der Waals surface area contributed by atoms with Crippen LogP contribution in [-0.4, -0.2) is 58.6 Å². The highest BCUT2D eigenvalue weighted by Crippen LogP contribution is 2.30. The summed E-state index contributed by atoms with van der Waals surface area (Å²) < 4.78 is 41.1. The van der Waals surface area contributed by atoms with E-state index < -0.39 is 28.6 Å². The van der Waals surface area contributed by atoms with E-state index in [1.165, 1.54) is 36.7 Å². The molecule has 1 saturated heterocycles. The number of methoxy groups -OCH3 is 2. The summed E-state index contributed by atoms with van der Waals surface area (Å²) in [6.45, 7) is 0.320. The van der Waals surface area contributed by atoms with Crippen molar-refractivity contribution >= 4 is 22.0 Å². The molecule has 9 heteroatoms. The predicted molar refractivity (Wildman–Crippen MR) is 83.3 cm³/mol. The second-order valence-corrected chi connectivity index (χ2v) is 7.04. The number of rotatable bonds is 6. The molecule has 0 aromatic heterocycles. The van der Waals surface area contributed by atoms with Gasteiger partial charge >= 0.3 is 11.9 Å². The van der Waals surface area contributed by atoms with E-state index in [2.05, 4.69) is 4.74 Å². The van der Waals surface area contributed by atoms with Crippen LogP contribution in [0.2, 0.25) is 0 Å². The molecule has 24 heavy (non-hydrogen) atoms. The Morgan fingerprint density at radius 1 is 1.17 bits per heavy atom. The highest BCUT2D eigenvalue weighted by Gasteiger charge is 2.30. The third-order valence-corrected chi connectivity index (χ3v) is 5.55. The van der Waals surface area contributed by atoms with Crippen LogP contribution in [-0.2, 0) is 24.3 Å². The highest BCUT2D eigenvalue weighted by atomic mass is 32.2. The molecule has 1 heterocycles. The van der Waals surface area contributed by atoms with Crippen molar-refractivity contribution in [1.29, 1.82) is 0 Å². The summed E-state index contributed by atoms with van der Waals surface area (Å²) in [7, 11) is -1.24. The fourth-order valence-electron chi connectivity index (χ4n) is 2.34. The van der Waals surface area contributed by atoms with E-state index in [-0.39, 0.29) is 16.2 Å². The van der Waals surface area contributed by atoms with Gasteiger partial charge in [-0.05, 0) is 31.0 Å². The van der Waals surface area contributed by atoms with Crippen molar-refractivity contribution in [3.8, 4) is 5.75 Å². The maximum atomic E-state index is 12.7. The molecule has 0 saturated carbocycles. The van der Waals surface area contributed by atoms with Gasteiger partial charge in [-0.25, -0.2) is 18.0 Å². The maximum Gasteiger partial charge on any atom is 0.344 e. The molecule has 1 aliphatic heterocycles. The van der Waals surface area contributed by atoms with Crippen molar-refractivity contribution in [3.05, 3.63) is 23.8 Å². The average Bonchev–Trinajstić information content (AvgIpc) is 3.14. The molecular weight excluding hydrogens is 338 g/mol. The summed E-state index contributed by atoms with van der Waals surface area (Å²) in [6.07, 6.45) is 1.59. The van der Waals surface area contributed by atoms with Crippen molar-refractivity contribution in [2.24, 2.45) is 0 Å². The van der Waals surface area contributed by atoms with Crippen LogP contribution < -0.4 is 4.74 Å². The lowest BCUT2D eigenvalue weighted by Crippen LogP contribution is -2.28. The predicted octanol–water partition coefficient (Wildman–Crippen LogP) is 0.809. The number of benzene rings is 1. The lowest BCUT2D eigenvalue weighted by atomic mass is 10.2. The number of esters is 2. The summed E-state index contributed by atoms with van der Waals surface area (Å²) >= 11 is 0. The van der Waals surface area contributed by atoms with Gasteiger partial charge in [0.15, 0.2) is 6.61 Å². The van der Waals surface area contributed by atoms with E-state index in [1.54, 1.807) is 0 Å². The van der Waals surface area contributed by atoms with Gasteiger partial charge in [0, 0.05) is 13.1 Å². The lowest BCUT2D eigenvalue weighted by Gasteiger charge is -2.18. The number of carbonyl (C=O) groups is 2. The molecule has 0 bridgehead atoms. The molecule has 1 aromatic rings. The zero-order valence-corrected chi connectivity index (χ0v) is 14.3. The molecule has 0 aliphatic carbocycles. The Morgan fingerprint density at radius 2 is 1.83 bits per heavy atom. The molecule has 0 spiro atoms. The standard InChI is InChI=1S/C15H19NO7S/c1-21-12-6-5-11(15(18)23-10-14(17)22-2)9-13(12)24(19,20)16-7-3-4-8-16/h5-6,9H,3-4,7-8,10H2,1-2H3. The van der Waals surface area contributed by atoms with Crippen LogP contribution >= 0.6 is 0 Å². The number of carbonyl (C=O) groups excluding carboxylic acids is 2. The summed E-state index contributed by atoms with van der Waals surface area (Å²) in [6, 6.07) is 3.96. The number of hydrogen-bond acceptors (Lipinski definition) is 7. The fourth-order valence-corrected chi connectivity index (χ4v) is 4.04. The first-order valence-electron chi connectivity index (χ1n) is 7.32. The van der Waals surface area contributed by atoms with Gasteiger partial charge in [0.1, 0.15) is 10.6 Å². The zero-order chi connectivity index (χ0) is 17.7. The normalized spacial score (nSPS) is 15.1. The zero-order valence-electron chi connectivity index (χ0n) is 13.5. The first-order chi connectivity index (χ1) is 11.4. The third kappa shape index (κ3) is 3.85. The Hall–Kier alpha value is -2.13. The van der Waals surface area contributed by atoms with Crippen LogP contribution in [0.3, 0.4) is 0 Å². The fraction of sp³-hybridized carbons (Fsp3) is 0.467. The summed E-state index contributed by atoms with van der Waals surface area (Å²) in [5.41, 5.74) is 0.0116. The minimum Gasteiger partial charge on any atom is -0.495 e. The van der Waals surface area contributed by atoms with E-state index in [4.69, 9.17) is 9.47 Å². The molecule has 0 amide bonds.